The van der Waals surface area contributed by atoms with Crippen molar-refractivity contribution in [1.29, 1.82) is 0 Å². The molecule has 1 aliphatic heterocycles. The normalized spacial score (nSPS) is 18.8. The van der Waals surface area contributed by atoms with Crippen molar-refractivity contribution in [2.24, 2.45) is 5.92 Å². The molecule has 2 N–H and O–H groups in total. The van der Waals surface area contributed by atoms with Crippen molar-refractivity contribution in [2.45, 2.75) is 0 Å². The molecule has 1 aliphatic rings. The molecule has 0 unspecified atom stereocenters. The van der Waals surface area contributed by atoms with E-state index >= 15 is 0 Å². The van der Waals surface area contributed by atoms with E-state index in [0.717, 1.165) is 19.7 Å². The number of nitrogens with one attached hydrogen (secondary N) is 2. The van der Waals surface area contributed by atoms with Crippen LogP contribution in [0.5, 0.6) is 11.5 Å². The number of ether oxygens (including phenoxy) is 3. The maximum absolute atomic E-state index is 12.1. The summed E-state index contributed by atoms with van der Waals surface area (Å²) in [5.74, 6) is 1.51. The Hall–Kier alpha value is -1.99. The first-order valence-electron chi connectivity index (χ1n) is 7.65. The summed E-state index contributed by atoms with van der Waals surface area (Å²) in [7, 11) is 5.20. The van der Waals surface area contributed by atoms with Gasteiger partial charge in [-0.3, -0.25) is 0 Å². The molecular weight excluding hydrogens is 298 g/mol. The van der Waals surface area contributed by atoms with Crippen LogP contribution >= 0.6 is 0 Å². The zero-order valence-corrected chi connectivity index (χ0v) is 13.9. The Morgan fingerprint density at radius 3 is 2.96 bits per heavy atom. The van der Waals surface area contributed by atoms with Crippen LogP contribution in [0.3, 0.4) is 0 Å². The first-order chi connectivity index (χ1) is 11.1. The second kappa shape index (κ2) is 8.59. The molecule has 1 saturated heterocycles. The lowest BCUT2D eigenvalue weighted by atomic mass is 10.1. The molecule has 23 heavy (non-hydrogen) atoms. The highest BCUT2D eigenvalue weighted by atomic mass is 16.5. The van der Waals surface area contributed by atoms with Crippen LogP contribution in [0.1, 0.15) is 0 Å². The summed E-state index contributed by atoms with van der Waals surface area (Å²) < 4.78 is 15.9. The smallest absolute Gasteiger partial charge is 0.319 e. The van der Waals surface area contributed by atoms with Gasteiger partial charge in [-0.1, -0.05) is 0 Å². The van der Waals surface area contributed by atoms with Gasteiger partial charge in [0.15, 0.2) is 0 Å². The van der Waals surface area contributed by atoms with E-state index in [9.17, 15) is 4.79 Å². The number of anilines is 1. The van der Waals surface area contributed by atoms with Gasteiger partial charge in [0.05, 0.1) is 33.1 Å². The average molecular weight is 323 g/mol. The van der Waals surface area contributed by atoms with E-state index in [1.165, 1.54) is 0 Å². The monoisotopic (exact) mass is 323 g/mol. The minimum absolute atomic E-state index is 0.264. The fourth-order valence-corrected chi connectivity index (χ4v) is 2.48. The van der Waals surface area contributed by atoms with E-state index in [-0.39, 0.29) is 11.9 Å². The van der Waals surface area contributed by atoms with Crippen LogP contribution in [0.2, 0.25) is 0 Å². The van der Waals surface area contributed by atoms with Crippen LogP contribution in [0.4, 0.5) is 10.5 Å². The van der Waals surface area contributed by atoms with Crippen molar-refractivity contribution >= 4 is 11.7 Å². The van der Waals surface area contributed by atoms with E-state index in [4.69, 9.17) is 14.2 Å². The van der Waals surface area contributed by atoms with Gasteiger partial charge >= 0.3 is 6.03 Å². The molecule has 0 saturated carbocycles. The Morgan fingerprint density at radius 2 is 2.22 bits per heavy atom. The maximum Gasteiger partial charge on any atom is 0.319 e. The lowest BCUT2D eigenvalue weighted by molar-refractivity contribution is 0.122. The quantitative estimate of drug-likeness (QED) is 0.857. The van der Waals surface area contributed by atoms with Gasteiger partial charge in [-0.25, -0.2) is 4.79 Å². The number of likely N-dealkylation sites (N-methyl/N-ethyl adjacent to an activating group) is 1. The van der Waals surface area contributed by atoms with Gasteiger partial charge in [0.25, 0.3) is 0 Å². The number of nitrogens with zero attached hydrogens (tertiary/aromatic N) is 1. The summed E-state index contributed by atoms with van der Waals surface area (Å²) in [4.78, 5) is 14.3. The fourth-order valence-electron chi connectivity index (χ4n) is 2.48. The van der Waals surface area contributed by atoms with Crippen LogP contribution < -0.4 is 20.1 Å². The summed E-state index contributed by atoms with van der Waals surface area (Å²) in [6, 6.07) is 4.98. The number of benzene rings is 1. The third-order valence-corrected chi connectivity index (χ3v) is 3.75. The molecule has 0 spiro atoms. The first kappa shape index (κ1) is 17.4. The van der Waals surface area contributed by atoms with Gasteiger partial charge < -0.3 is 29.7 Å². The van der Waals surface area contributed by atoms with Gasteiger partial charge in [0.2, 0.25) is 0 Å². The molecular formula is C16H25N3O4. The number of rotatable bonds is 5. The van der Waals surface area contributed by atoms with Crippen molar-refractivity contribution in [3.05, 3.63) is 18.2 Å². The average Bonchev–Trinajstić information content (AvgIpc) is 2.77. The van der Waals surface area contributed by atoms with E-state index in [0.29, 0.717) is 30.3 Å². The molecule has 0 bridgehead atoms. The van der Waals surface area contributed by atoms with Crippen LogP contribution in [-0.4, -0.2) is 65.0 Å². The van der Waals surface area contributed by atoms with Crippen molar-refractivity contribution in [2.75, 3.05) is 59.4 Å². The molecule has 1 aromatic rings. The number of methoxy groups -OCH3 is 2. The Morgan fingerprint density at radius 1 is 1.39 bits per heavy atom. The molecule has 128 valence electrons. The second-order valence-corrected chi connectivity index (χ2v) is 5.60. The Kier molecular flexibility index (Phi) is 6.49. The van der Waals surface area contributed by atoms with E-state index in [1.54, 1.807) is 32.4 Å². The third-order valence-electron chi connectivity index (χ3n) is 3.75. The molecule has 7 heteroatoms. The highest BCUT2D eigenvalue weighted by Gasteiger charge is 2.17. The van der Waals surface area contributed by atoms with Gasteiger partial charge in [0, 0.05) is 31.6 Å². The summed E-state index contributed by atoms with van der Waals surface area (Å²) in [6.45, 7) is 3.80. The minimum atomic E-state index is -0.264. The lowest BCUT2D eigenvalue weighted by Gasteiger charge is -2.19. The van der Waals surface area contributed by atoms with E-state index < -0.39 is 0 Å². The zero-order valence-electron chi connectivity index (χ0n) is 13.9. The van der Waals surface area contributed by atoms with Crippen molar-refractivity contribution in [1.82, 2.24) is 10.2 Å². The summed E-state index contributed by atoms with van der Waals surface area (Å²) in [6.07, 6.45) is 0. The van der Waals surface area contributed by atoms with Gasteiger partial charge in [-0.05, 0) is 19.2 Å². The summed E-state index contributed by atoms with van der Waals surface area (Å²) >= 11 is 0. The SMILES string of the molecule is COc1ccc(NC(=O)NC[C@H]2COCCN(C)C2)c(OC)c1. The van der Waals surface area contributed by atoms with Crippen molar-refractivity contribution in [3.63, 3.8) is 0 Å². The second-order valence-electron chi connectivity index (χ2n) is 5.60. The van der Waals surface area contributed by atoms with Crippen LogP contribution in [0.15, 0.2) is 18.2 Å². The topological polar surface area (TPSA) is 72.1 Å². The van der Waals surface area contributed by atoms with Crippen molar-refractivity contribution in [3.8, 4) is 11.5 Å². The molecule has 7 nitrogen and oxygen atoms in total. The highest BCUT2D eigenvalue weighted by molar-refractivity contribution is 5.91. The van der Waals surface area contributed by atoms with Gasteiger partial charge in [0.1, 0.15) is 11.5 Å². The molecule has 0 radical (unpaired) electrons. The number of carbonyl (C=O) groups is 1. The number of hydrogen-bond donors (Lipinski definition) is 2. The standard InChI is InChI=1S/C16H25N3O4/c1-19-6-7-23-11-12(10-19)9-17-16(20)18-14-5-4-13(21-2)8-15(14)22-3/h4-5,8,12H,6-7,9-11H2,1-3H3,(H2,17,18,20)/t12-/m1/s1. The molecule has 2 amide bonds. The first-order valence-corrected chi connectivity index (χ1v) is 7.65. The van der Waals surface area contributed by atoms with Crippen LogP contribution in [0, 0.1) is 5.92 Å². The lowest BCUT2D eigenvalue weighted by Crippen LogP contribution is -2.37. The van der Waals surface area contributed by atoms with Crippen molar-refractivity contribution < 1.29 is 19.0 Å². The largest absolute Gasteiger partial charge is 0.497 e. The minimum Gasteiger partial charge on any atom is -0.497 e. The number of hydrogen-bond acceptors (Lipinski definition) is 5. The van der Waals surface area contributed by atoms with Crippen LogP contribution in [0.25, 0.3) is 0 Å². The van der Waals surface area contributed by atoms with Gasteiger partial charge in [-0.2, -0.15) is 0 Å². The molecule has 1 aromatic carbocycles. The van der Waals surface area contributed by atoms with Gasteiger partial charge in [-0.15, -0.1) is 0 Å². The van der Waals surface area contributed by atoms with E-state index in [1.807, 2.05) is 0 Å². The van der Waals surface area contributed by atoms with Crippen LogP contribution in [-0.2, 0) is 4.74 Å². The molecule has 0 aliphatic carbocycles. The highest BCUT2D eigenvalue weighted by Crippen LogP contribution is 2.28. The molecule has 0 aromatic heterocycles. The third kappa shape index (κ3) is 5.30. The Labute approximate surface area is 136 Å². The summed E-state index contributed by atoms with van der Waals surface area (Å²) in [5, 5.41) is 5.68. The maximum atomic E-state index is 12.1. The predicted molar refractivity (Wildman–Crippen MR) is 88.4 cm³/mol. The Bertz CT molecular complexity index is 524. The molecule has 1 heterocycles. The summed E-state index contributed by atoms with van der Waals surface area (Å²) in [5.41, 5.74) is 0.597. The number of amides is 2. The zero-order chi connectivity index (χ0) is 16.7. The molecule has 1 atom stereocenters. The van der Waals surface area contributed by atoms with E-state index in [2.05, 4.69) is 22.6 Å². The predicted octanol–water partition coefficient (Wildman–Crippen LogP) is 1.40. The fraction of sp³-hybridized carbons (Fsp3) is 0.562. The molecule has 1 fully saturated rings. The number of carbonyl (C=O) groups excluding carboxylic acids is 1. The Balaban J connectivity index is 1.87. The molecule has 2 rings (SSSR count). The number of urea groups is 1.